The zero-order chi connectivity index (χ0) is 12.3. The zero-order valence-electron chi connectivity index (χ0n) is 10.1. The van der Waals surface area contributed by atoms with Crippen molar-refractivity contribution in [2.45, 2.75) is 6.92 Å². The van der Waals surface area contributed by atoms with Gasteiger partial charge in [-0.15, -0.1) is 0 Å². The van der Waals surface area contributed by atoms with Crippen LogP contribution in [0.1, 0.15) is 6.92 Å². The van der Waals surface area contributed by atoms with Crippen LogP contribution in [0.2, 0.25) is 0 Å². The maximum absolute atomic E-state index is 5.69. The summed E-state index contributed by atoms with van der Waals surface area (Å²) in [5.41, 5.74) is 7.91. The van der Waals surface area contributed by atoms with E-state index in [1.165, 1.54) is 0 Å². The smallest absolute Gasteiger partial charge is 0.298 e. The molecule has 0 saturated heterocycles. The van der Waals surface area contributed by atoms with Crippen LogP contribution in [0.15, 0.2) is 22.6 Å². The quantitative estimate of drug-likeness (QED) is 0.633. The average molecular weight is 235 g/mol. The summed E-state index contributed by atoms with van der Waals surface area (Å²) in [6, 6.07) is 6.03. The molecule has 17 heavy (non-hydrogen) atoms. The van der Waals surface area contributed by atoms with Gasteiger partial charge in [-0.3, -0.25) is 0 Å². The molecular weight excluding hydrogens is 218 g/mol. The molecule has 1 aromatic carbocycles. The van der Waals surface area contributed by atoms with E-state index in [1.807, 2.05) is 24.9 Å². The van der Waals surface area contributed by atoms with Gasteiger partial charge >= 0.3 is 0 Å². The molecule has 0 aliphatic rings. The summed E-state index contributed by atoms with van der Waals surface area (Å²) in [6.07, 6.45) is 0. The first-order chi connectivity index (χ1) is 8.20. The van der Waals surface area contributed by atoms with Gasteiger partial charge in [0.25, 0.3) is 6.01 Å². The summed E-state index contributed by atoms with van der Waals surface area (Å²) in [6.45, 7) is 4.10. The maximum Gasteiger partial charge on any atom is 0.298 e. The first-order valence-electron chi connectivity index (χ1n) is 5.65. The normalized spacial score (nSPS) is 10.9. The molecule has 1 heterocycles. The number of hydrogen-bond donors (Lipinski definition) is 1. The van der Waals surface area contributed by atoms with Crippen LogP contribution < -0.4 is 10.6 Å². The first kappa shape index (κ1) is 11.7. The number of nitrogens with zero attached hydrogens (tertiary/aromatic N) is 2. The number of fused-ring (bicyclic) bond motifs is 1. The largest absolute Gasteiger partial charge is 0.423 e. The zero-order valence-corrected chi connectivity index (χ0v) is 10.1. The Balaban J connectivity index is 2.12. The van der Waals surface area contributed by atoms with Crippen LogP contribution in [0.4, 0.5) is 11.7 Å². The van der Waals surface area contributed by atoms with E-state index < -0.39 is 0 Å². The van der Waals surface area contributed by atoms with Gasteiger partial charge in [0.15, 0.2) is 5.58 Å². The van der Waals surface area contributed by atoms with Gasteiger partial charge in [0.1, 0.15) is 5.52 Å². The minimum absolute atomic E-state index is 0.588. The highest BCUT2D eigenvalue weighted by Crippen LogP contribution is 2.22. The number of benzene rings is 1. The van der Waals surface area contributed by atoms with Crippen LogP contribution in [0.3, 0.4) is 0 Å². The molecule has 0 saturated carbocycles. The van der Waals surface area contributed by atoms with Crippen molar-refractivity contribution in [3.63, 3.8) is 0 Å². The molecule has 0 aliphatic heterocycles. The van der Waals surface area contributed by atoms with Gasteiger partial charge in [-0.1, -0.05) is 0 Å². The van der Waals surface area contributed by atoms with Crippen molar-refractivity contribution in [2.75, 3.05) is 37.4 Å². The van der Waals surface area contributed by atoms with E-state index in [2.05, 4.69) is 4.98 Å². The fraction of sp³-hybridized carbons (Fsp3) is 0.417. The van der Waals surface area contributed by atoms with Crippen molar-refractivity contribution in [1.82, 2.24) is 4.98 Å². The molecule has 2 rings (SSSR count). The van der Waals surface area contributed by atoms with Gasteiger partial charge in [0.05, 0.1) is 6.61 Å². The second-order valence-corrected chi connectivity index (χ2v) is 3.84. The van der Waals surface area contributed by atoms with Crippen molar-refractivity contribution in [3.05, 3.63) is 18.2 Å². The molecule has 0 bridgehead atoms. The topological polar surface area (TPSA) is 64.5 Å². The van der Waals surface area contributed by atoms with Crippen molar-refractivity contribution in [1.29, 1.82) is 0 Å². The van der Waals surface area contributed by atoms with E-state index in [4.69, 9.17) is 14.9 Å². The summed E-state index contributed by atoms with van der Waals surface area (Å²) >= 11 is 0. The summed E-state index contributed by atoms with van der Waals surface area (Å²) in [7, 11) is 1.92. The lowest BCUT2D eigenvalue weighted by Gasteiger charge is -2.13. The number of nitrogens with two attached hydrogens (primary N) is 1. The standard InChI is InChI=1S/C12H17N3O2/c1-3-16-7-6-15(2)12-14-10-8-9(13)4-5-11(10)17-12/h4-5,8H,3,6-7,13H2,1-2H3. The van der Waals surface area contributed by atoms with Crippen molar-refractivity contribution in [3.8, 4) is 0 Å². The van der Waals surface area contributed by atoms with Crippen molar-refractivity contribution >= 4 is 22.8 Å². The predicted octanol–water partition coefficient (Wildman–Crippen LogP) is 1.88. The fourth-order valence-electron chi connectivity index (χ4n) is 1.54. The Hall–Kier alpha value is -1.75. The molecule has 2 aromatic rings. The average Bonchev–Trinajstić information content (AvgIpc) is 2.72. The molecule has 0 amide bonds. The van der Waals surface area contributed by atoms with Crippen LogP contribution >= 0.6 is 0 Å². The Morgan fingerprint density at radius 3 is 3.06 bits per heavy atom. The number of anilines is 2. The number of aromatic nitrogens is 1. The Bertz CT molecular complexity index is 495. The number of hydrogen-bond acceptors (Lipinski definition) is 5. The van der Waals surface area contributed by atoms with E-state index in [1.54, 1.807) is 12.1 Å². The fourth-order valence-corrected chi connectivity index (χ4v) is 1.54. The number of nitrogen functional groups attached to an aromatic ring is 1. The molecule has 5 heteroatoms. The lowest BCUT2D eigenvalue weighted by atomic mass is 10.3. The van der Waals surface area contributed by atoms with Crippen LogP contribution in [-0.2, 0) is 4.74 Å². The Kier molecular flexibility index (Phi) is 3.49. The Labute approximate surface area is 100 Å². The SMILES string of the molecule is CCOCCN(C)c1nc2cc(N)ccc2o1. The Morgan fingerprint density at radius 2 is 2.29 bits per heavy atom. The lowest BCUT2D eigenvalue weighted by Crippen LogP contribution is -2.22. The summed E-state index contributed by atoms with van der Waals surface area (Å²) in [4.78, 5) is 6.30. The van der Waals surface area contributed by atoms with Gasteiger partial charge in [-0.25, -0.2) is 0 Å². The summed E-state index contributed by atoms with van der Waals surface area (Å²) < 4.78 is 10.9. The molecule has 2 N–H and O–H groups in total. The molecule has 0 unspecified atom stereocenters. The number of oxazole rings is 1. The van der Waals surface area contributed by atoms with Gasteiger partial charge in [-0.2, -0.15) is 4.98 Å². The van der Waals surface area contributed by atoms with E-state index in [0.717, 1.165) is 24.3 Å². The third-order valence-corrected chi connectivity index (χ3v) is 2.50. The monoisotopic (exact) mass is 235 g/mol. The maximum atomic E-state index is 5.69. The highest BCUT2D eigenvalue weighted by atomic mass is 16.5. The van der Waals surface area contributed by atoms with Crippen LogP contribution in [0.5, 0.6) is 0 Å². The molecular formula is C12H17N3O2. The molecule has 1 aromatic heterocycles. The minimum atomic E-state index is 0.588. The van der Waals surface area contributed by atoms with Crippen LogP contribution in [-0.4, -0.2) is 31.8 Å². The Morgan fingerprint density at radius 1 is 1.47 bits per heavy atom. The molecule has 92 valence electrons. The minimum Gasteiger partial charge on any atom is -0.423 e. The van der Waals surface area contributed by atoms with Gasteiger partial charge in [-0.05, 0) is 25.1 Å². The van der Waals surface area contributed by atoms with Crippen LogP contribution in [0.25, 0.3) is 11.1 Å². The first-order valence-corrected chi connectivity index (χ1v) is 5.65. The van der Waals surface area contributed by atoms with E-state index in [9.17, 15) is 0 Å². The van der Waals surface area contributed by atoms with E-state index in [-0.39, 0.29) is 0 Å². The lowest BCUT2D eigenvalue weighted by molar-refractivity contribution is 0.154. The van der Waals surface area contributed by atoms with E-state index in [0.29, 0.717) is 18.3 Å². The molecule has 0 spiro atoms. The summed E-state index contributed by atoms with van der Waals surface area (Å²) in [5, 5.41) is 0. The van der Waals surface area contributed by atoms with Crippen molar-refractivity contribution < 1.29 is 9.15 Å². The second kappa shape index (κ2) is 5.05. The van der Waals surface area contributed by atoms with Crippen molar-refractivity contribution in [2.24, 2.45) is 0 Å². The highest BCUT2D eigenvalue weighted by molar-refractivity contribution is 5.78. The van der Waals surface area contributed by atoms with Crippen LogP contribution in [0, 0.1) is 0 Å². The highest BCUT2D eigenvalue weighted by Gasteiger charge is 2.09. The number of rotatable bonds is 5. The number of likely N-dealkylation sites (N-methyl/N-ethyl adjacent to an activating group) is 1. The molecule has 0 radical (unpaired) electrons. The molecule has 0 atom stereocenters. The van der Waals surface area contributed by atoms with E-state index >= 15 is 0 Å². The molecule has 0 fully saturated rings. The van der Waals surface area contributed by atoms with Gasteiger partial charge < -0.3 is 19.8 Å². The third-order valence-electron chi connectivity index (χ3n) is 2.50. The second-order valence-electron chi connectivity index (χ2n) is 3.84. The molecule has 0 aliphatic carbocycles. The third kappa shape index (κ3) is 2.68. The summed E-state index contributed by atoms with van der Waals surface area (Å²) in [5.74, 6) is 0. The van der Waals surface area contributed by atoms with Gasteiger partial charge in [0.2, 0.25) is 0 Å². The van der Waals surface area contributed by atoms with Gasteiger partial charge in [0, 0.05) is 25.9 Å². The number of ether oxygens (including phenoxy) is 1. The predicted molar refractivity (Wildman–Crippen MR) is 68.2 cm³/mol. The molecule has 5 nitrogen and oxygen atoms in total.